The van der Waals surface area contributed by atoms with Gasteiger partial charge in [0.1, 0.15) is 25.0 Å². The lowest BCUT2D eigenvalue weighted by atomic mass is 10.2. The van der Waals surface area contributed by atoms with Gasteiger partial charge in [0.25, 0.3) is 0 Å². The number of anilines is 1. The van der Waals surface area contributed by atoms with Gasteiger partial charge >= 0.3 is 0 Å². The van der Waals surface area contributed by atoms with Crippen molar-refractivity contribution >= 4 is 23.2 Å². The molecule has 1 saturated heterocycles. The highest BCUT2D eigenvalue weighted by Crippen LogP contribution is 2.29. The Morgan fingerprint density at radius 2 is 2.22 bits per heavy atom. The molecular weight excluding hydrogens is 318 g/mol. The first-order valence-corrected chi connectivity index (χ1v) is 8.46. The van der Waals surface area contributed by atoms with Crippen molar-refractivity contribution in [2.24, 2.45) is 0 Å². The van der Waals surface area contributed by atoms with Crippen LogP contribution in [0.15, 0.2) is 24.3 Å². The molecular formula is C17H24ClNO4. The summed E-state index contributed by atoms with van der Waals surface area (Å²) in [6.07, 6.45) is 2.20. The summed E-state index contributed by atoms with van der Waals surface area (Å²) in [6.45, 7) is 5.25. The first kappa shape index (κ1) is 18.0. The zero-order chi connectivity index (χ0) is 16.7. The van der Waals surface area contributed by atoms with E-state index in [1.54, 1.807) is 0 Å². The van der Waals surface area contributed by atoms with E-state index in [-0.39, 0.29) is 30.7 Å². The van der Waals surface area contributed by atoms with E-state index in [1.165, 1.54) is 4.90 Å². The quantitative estimate of drug-likeness (QED) is 0.538. The third-order valence-corrected chi connectivity index (χ3v) is 3.79. The molecule has 1 atom stereocenters. The summed E-state index contributed by atoms with van der Waals surface area (Å²) in [5.41, 5.74) is 0.664. The maximum absolute atomic E-state index is 12.2. The van der Waals surface area contributed by atoms with Gasteiger partial charge in [-0.2, -0.15) is 0 Å². The Morgan fingerprint density at radius 3 is 2.87 bits per heavy atom. The number of nitrogens with zero attached hydrogens (tertiary/aromatic N) is 1. The van der Waals surface area contributed by atoms with E-state index >= 15 is 0 Å². The maximum atomic E-state index is 12.2. The van der Waals surface area contributed by atoms with Crippen LogP contribution in [0.4, 0.5) is 5.69 Å². The predicted molar refractivity (Wildman–Crippen MR) is 90.2 cm³/mol. The molecule has 0 bridgehead atoms. The monoisotopic (exact) mass is 341 g/mol. The molecule has 128 valence electrons. The predicted octanol–water partition coefficient (Wildman–Crippen LogP) is 3.20. The Labute approximate surface area is 142 Å². The Bertz CT molecular complexity index is 503. The van der Waals surface area contributed by atoms with Crippen LogP contribution in [0.2, 0.25) is 0 Å². The number of carbonyl (C=O) groups excluding carboxylic acids is 1. The molecule has 0 spiro atoms. The average Bonchev–Trinajstić information content (AvgIpc) is 3.07. The van der Waals surface area contributed by atoms with Crippen molar-refractivity contribution in [1.82, 2.24) is 0 Å². The fourth-order valence-electron chi connectivity index (χ4n) is 2.33. The summed E-state index contributed by atoms with van der Waals surface area (Å²) >= 11 is 5.74. The highest BCUT2D eigenvalue weighted by atomic mass is 35.5. The zero-order valence-electron chi connectivity index (χ0n) is 13.7. The van der Waals surface area contributed by atoms with Gasteiger partial charge in [-0.15, -0.1) is 11.6 Å². The van der Waals surface area contributed by atoms with Gasteiger partial charge < -0.3 is 14.2 Å². The summed E-state index contributed by atoms with van der Waals surface area (Å²) in [7, 11) is 0. The smallest absolute Gasteiger partial charge is 0.243 e. The fourth-order valence-corrected chi connectivity index (χ4v) is 2.48. The van der Waals surface area contributed by atoms with Crippen LogP contribution >= 0.6 is 11.6 Å². The molecule has 1 aliphatic rings. The summed E-state index contributed by atoms with van der Waals surface area (Å²) in [4.78, 5) is 13.7. The SMILES string of the molecule is CC(C)OCN(C(=O)CCl)c1ccccc1OCC1CCCO1. The molecule has 1 amide bonds. The van der Waals surface area contributed by atoms with Crippen molar-refractivity contribution in [1.29, 1.82) is 0 Å². The first-order valence-electron chi connectivity index (χ1n) is 7.93. The van der Waals surface area contributed by atoms with Gasteiger partial charge in [-0.05, 0) is 38.8 Å². The number of benzene rings is 1. The van der Waals surface area contributed by atoms with Gasteiger partial charge in [-0.25, -0.2) is 0 Å². The summed E-state index contributed by atoms with van der Waals surface area (Å²) in [6, 6.07) is 7.41. The second-order valence-corrected chi connectivity index (χ2v) is 5.98. The molecule has 1 aromatic rings. The van der Waals surface area contributed by atoms with E-state index in [9.17, 15) is 4.79 Å². The van der Waals surface area contributed by atoms with Gasteiger partial charge in [-0.3, -0.25) is 9.69 Å². The first-order chi connectivity index (χ1) is 11.1. The minimum absolute atomic E-state index is 0.0144. The van der Waals surface area contributed by atoms with Gasteiger partial charge in [0.05, 0.1) is 17.9 Å². The van der Waals surface area contributed by atoms with Crippen LogP contribution in [0.25, 0.3) is 0 Å². The molecule has 1 heterocycles. The molecule has 2 rings (SSSR count). The lowest BCUT2D eigenvalue weighted by molar-refractivity contribution is -0.117. The van der Waals surface area contributed by atoms with Crippen molar-refractivity contribution in [3.05, 3.63) is 24.3 Å². The molecule has 0 aliphatic carbocycles. The highest BCUT2D eigenvalue weighted by Gasteiger charge is 2.21. The summed E-state index contributed by atoms with van der Waals surface area (Å²) < 4.78 is 17.0. The molecule has 0 radical (unpaired) electrons. The maximum Gasteiger partial charge on any atom is 0.243 e. The highest BCUT2D eigenvalue weighted by molar-refractivity contribution is 6.29. The number of hydrogen-bond acceptors (Lipinski definition) is 4. The molecule has 23 heavy (non-hydrogen) atoms. The Hall–Kier alpha value is -1.30. The molecule has 1 aromatic carbocycles. The van der Waals surface area contributed by atoms with E-state index in [2.05, 4.69) is 0 Å². The third-order valence-electron chi connectivity index (χ3n) is 3.56. The Kier molecular flexibility index (Phi) is 7.15. The number of alkyl halides is 1. The minimum atomic E-state index is -0.222. The number of para-hydroxylation sites is 2. The van der Waals surface area contributed by atoms with Crippen molar-refractivity contribution in [3.63, 3.8) is 0 Å². The van der Waals surface area contributed by atoms with Crippen molar-refractivity contribution in [2.45, 2.75) is 38.9 Å². The van der Waals surface area contributed by atoms with E-state index < -0.39 is 0 Å². The summed E-state index contributed by atoms with van der Waals surface area (Å²) in [5.74, 6) is 0.302. The normalized spacial score (nSPS) is 17.5. The second kappa shape index (κ2) is 9.11. The Morgan fingerprint density at radius 1 is 1.43 bits per heavy atom. The molecule has 1 unspecified atom stereocenters. The van der Waals surface area contributed by atoms with E-state index in [0.717, 1.165) is 19.4 Å². The number of halogens is 1. The number of hydrogen-bond donors (Lipinski definition) is 0. The number of ether oxygens (including phenoxy) is 3. The van der Waals surface area contributed by atoms with Crippen LogP contribution in [0.1, 0.15) is 26.7 Å². The minimum Gasteiger partial charge on any atom is -0.489 e. The van der Waals surface area contributed by atoms with Crippen LogP contribution in [-0.2, 0) is 14.3 Å². The van der Waals surface area contributed by atoms with Crippen molar-refractivity contribution < 1.29 is 19.0 Å². The third kappa shape index (κ3) is 5.37. The van der Waals surface area contributed by atoms with Crippen LogP contribution in [0, 0.1) is 0 Å². The average molecular weight is 342 g/mol. The molecule has 0 saturated carbocycles. The second-order valence-electron chi connectivity index (χ2n) is 5.71. The topological polar surface area (TPSA) is 48.0 Å². The molecule has 0 aromatic heterocycles. The summed E-state index contributed by atoms with van der Waals surface area (Å²) in [5, 5.41) is 0. The standard InChI is InChI=1S/C17H24ClNO4/c1-13(2)23-12-19(17(20)10-18)15-7-3-4-8-16(15)22-11-14-6-5-9-21-14/h3-4,7-8,13-14H,5-6,9-12H2,1-2H3. The number of amides is 1. The van der Waals surface area contributed by atoms with Gasteiger partial charge in [0, 0.05) is 6.61 Å². The van der Waals surface area contributed by atoms with Crippen molar-refractivity contribution in [2.75, 3.05) is 30.7 Å². The van der Waals surface area contributed by atoms with Crippen LogP contribution in [0.3, 0.4) is 0 Å². The van der Waals surface area contributed by atoms with Crippen molar-refractivity contribution in [3.8, 4) is 5.75 Å². The van der Waals surface area contributed by atoms with Gasteiger partial charge in [0.2, 0.25) is 5.91 Å². The largest absolute Gasteiger partial charge is 0.489 e. The zero-order valence-corrected chi connectivity index (χ0v) is 14.4. The lowest BCUT2D eigenvalue weighted by Crippen LogP contribution is -2.35. The molecule has 1 aliphatic heterocycles. The Balaban J connectivity index is 2.11. The van der Waals surface area contributed by atoms with E-state index in [1.807, 2.05) is 38.1 Å². The number of carbonyl (C=O) groups is 1. The van der Waals surface area contributed by atoms with Gasteiger partial charge in [-0.1, -0.05) is 12.1 Å². The van der Waals surface area contributed by atoms with Crippen LogP contribution in [-0.4, -0.2) is 43.9 Å². The van der Waals surface area contributed by atoms with Crippen LogP contribution in [0.5, 0.6) is 5.75 Å². The molecule has 5 nitrogen and oxygen atoms in total. The molecule has 6 heteroatoms. The van der Waals surface area contributed by atoms with E-state index in [0.29, 0.717) is 18.0 Å². The number of rotatable bonds is 8. The van der Waals surface area contributed by atoms with Crippen LogP contribution < -0.4 is 9.64 Å². The lowest BCUT2D eigenvalue weighted by Gasteiger charge is -2.25. The van der Waals surface area contributed by atoms with E-state index in [4.69, 9.17) is 25.8 Å². The molecule has 0 N–H and O–H groups in total. The fraction of sp³-hybridized carbons (Fsp3) is 0.588. The van der Waals surface area contributed by atoms with Gasteiger partial charge in [0.15, 0.2) is 0 Å². The molecule has 1 fully saturated rings.